The van der Waals surface area contributed by atoms with Gasteiger partial charge >= 0.3 is 11.9 Å². The number of ketones is 1. The molecule has 4 unspecified atom stereocenters. The molecule has 4 rings (SSSR count). The average Bonchev–Trinajstić information content (AvgIpc) is 3.19. The first kappa shape index (κ1) is 27.6. The standard InChI is InChI=1S/C30H48O6/c1-8-20-23-15-19(36-18(4)31)13-14-29(23,5)26-25(28(20)34)22-11-10-21(16(2)9-12-24(32)35-7)30(22,6)17(3)27(26)33/h16-17,19-23,25-27,33H,8-15H2,1-7H3/t16-,17+,19-,20-,21-,22?,23+,25?,26?,27?,29+,30-/m1/s1. The van der Waals surface area contributed by atoms with Crippen molar-refractivity contribution >= 4 is 17.7 Å². The lowest BCUT2D eigenvalue weighted by molar-refractivity contribution is -0.216. The highest BCUT2D eigenvalue weighted by atomic mass is 16.5. The van der Waals surface area contributed by atoms with Gasteiger partial charge in [-0.15, -0.1) is 0 Å². The normalized spacial score (nSPS) is 46.8. The number of aliphatic hydroxyl groups is 1. The SMILES string of the molecule is CC[C@H]1C(=O)C2C3CC[C@H]([C@H](C)CCC(=O)OC)[C@@]3(C)[C@@H](C)C(O)C2[C@@]2(C)CC[C@@H](OC(C)=O)C[C@@H]12. The van der Waals surface area contributed by atoms with Gasteiger partial charge in [-0.05, 0) is 85.4 Å². The van der Waals surface area contributed by atoms with Crippen LogP contribution in [0.25, 0.3) is 0 Å². The van der Waals surface area contributed by atoms with Crippen molar-refractivity contribution in [3.63, 3.8) is 0 Å². The van der Waals surface area contributed by atoms with E-state index in [9.17, 15) is 19.5 Å². The molecule has 36 heavy (non-hydrogen) atoms. The molecule has 6 nitrogen and oxygen atoms in total. The highest BCUT2D eigenvalue weighted by molar-refractivity contribution is 5.86. The Kier molecular flexibility index (Phi) is 7.69. The van der Waals surface area contributed by atoms with Gasteiger partial charge in [0, 0.05) is 31.1 Å². The number of carbonyl (C=O) groups is 3. The van der Waals surface area contributed by atoms with Gasteiger partial charge in [0.15, 0.2) is 0 Å². The number of Topliss-reactive ketones (excluding diaryl/α,β-unsaturated/α-hetero) is 1. The molecule has 204 valence electrons. The third-order valence-electron chi connectivity index (χ3n) is 11.9. The lowest BCUT2D eigenvalue weighted by Crippen LogP contribution is -2.67. The van der Waals surface area contributed by atoms with E-state index >= 15 is 0 Å². The van der Waals surface area contributed by atoms with Crippen LogP contribution >= 0.6 is 0 Å². The van der Waals surface area contributed by atoms with Crippen molar-refractivity contribution in [3.05, 3.63) is 0 Å². The molecule has 0 aromatic heterocycles. The Labute approximate surface area is 217 Å². The van der Waals surface area contributed by atoms with Gasteiger partial charge in [-0.25, -0.2) is 0 Å². The number of fused-ring (bicyclic) bond motifs is 5. The Bertz CT molecular complexity index is 870. The zero-order valence-electron chi connectivity index (χ0n) is 23.4. The minimum Gasteiger partial charge on any atom is -0.469 e. The van der Waals surface area contributed by atoms with E-state index in [1.54, 1.807) is 0 Å². The predicted molar refractivity (Wildman–Crippen MR) is 137 cm³/mol. The molecule has 4 aliphatic carbocycles. The number of ether oxygens (including phenoxy) is 2. The van der Waals surface area contributed by atoms with Crippen LogP contribution in [0.5, 0.6) is 0 Å². The predicted octanol–water partition coefficient (Wildman–Crippen LogP) is 5.20. The minimum atomic E-state index is -0.538. The molecule has 0 aliphatic heterocycles. The van der Waals surface area contributed by atoms with E-state index < -0.39 is 6.10 Å². The van der Waals surface area contributed by atoms with Crippen LogP contribution in [0, 0.1) is 58.2 Å². The Hall–Kier alpha value is -1.43. The van der Waals surface area contributed by atoms with Gasteiger partial charge in [0.1, 0.15) is 11.9 Å². The fourth-order valence-electron chi connectivity index (χ4n) is 10.00. The highest BCUT2D eigenvalue weighted by Gasteiger charge is 2.69. The van der Waals surface area contributed by atoms with Crippen molar-refractivity contribution in [1.29, 1.82) is 0 Å². The summed E-state index contributed by atoms with van der Waals surface area (Å²) in [5.74, 6) is 0.883. The largest absolute Gasteiger partial charge is 0.469 e. The minimum absolute atomic E-state index is 0.0461. The maximum absolute atomic E-state index is 14.3. The van der Waals surface area contributed by atoms with Gasteiger partial charge in [-0.1, -0.05) is 34.6 Å². The molecule has 0 amide bonds. The van der Waals surface area contributed by atoms with E-state index in [-0.39, 0.29) is 64.4 Å². The van der Waals surface area contributed by atoms with Gasteiger partial charge in [-0.2, -0.15) is 0 Å². The molecular formula is C30H48O6. The number of aliphatic hydroxyl groups excluding tert-OH is 1. The number of hydrogen-bond acceptors (Lipinski definition) is 6. The van der Waals surface area contributed by atoms with Crippen molar-refractivity contribution in [1.82, 2.24) is 0 Å². The molecule has 1 N–H and O–H groups in total. The number of hydrogen-bond donors (Lipinski definition) is 1. The van der Waals surface area contributed by atoms with Crippen molar-refractivity contribution < 1.29 is 29.0 Å². The van der Waals surface area contributed by atoms with Crippen LogP contribution in [-0.2, 0) is 23.9 Å². The van der Waals surface area contributed by atoms with Crippen molar-refractivity contribution in [2.75, 3.05) is 7.11 Å². The van der Waals surface area contributed by atoms with E-state index in [1.165, 1.54) is 14.0 Å². The van der Waals surface area contributed by atoms with E-state index in [0.717, 1.165) is 44.9 Å². The first-order chi connectivity index (χ1) is 16.9. The number of carbonyl (C=O) groups excluding carboxylic acids is 3. The summed E-state index contributed by atoms with van der Waals surface area (Å²) in [6.07, 6.45) is 5.78. The second kappa shape index (κ2) is 10.0. The highest BCUT2D eigenvalue weighted by Crippen LogP contribution is 2.70. The molecule has 6 heteroatoms. The first-order valence-electron chi connectivity index (χ1n) is 14.4. The van der Waals surface area contributed by atoms with Crippen LogP contribution in [0.4, 0.5) is 0 Å². The van der Waals surface area contributed by atoms with Gasteiger partial charge in [-0.3, -0.25) is 14.4 Å². The van der Waals surface area contributed by atoms with Crippen LogP contribution in [0.1, 0.15) is 92.9 Å². The van der Waals surface area contributed by atoms with E-state index in [4.69, 9.17) is 9.47 Å². The molecule has 0 heterocycles. The Morgan fingerprint density at radius 3 is 2.47 bits per heavy atom. The molecule has 0 bridgehead atoms. The molecular weight excluding hydrogens is 456 g/mol. The first-order valence-corrected chi connectivity index (χ1v) is 14.4. The maximum Gasteiger partial charge on any atom is 0.305 e. The zero-order chi connectivity index (χ0) is 26.6. The Morgan fingerprint density at radius 2 is 1.86 bits per heavy atom. The molecule has 0 spiro atoms. The third-order valence-corrected chi connectivity index (χ3v) is 11.9. The van der Waals surface area contributed by atoms with Crippen molar-refractivity contribution in [2.24, 2.45) is 58.2 Å². The van der Waals surface area contributed by atoms with E-state index in [2.05, 4.69) is 34.6 Å². The third kappa shape index (κ3) is 4.14. The maximum atomic E-state index is 14.3. The lowest BCUT2D eigenvalue weighted by Gasteiger charge is -2.65. The zero-order valence-corrected chi connectivity index (χ0v) is 23.4. The summed E-state index contributed by atoms with van der Waals surface area (Å²) >= 11 is 0. The summed E-state index contributed by atoms with van der Waals surface area (Å²) in [6.45, 7) is 12.7. The summed E-state index contributed by atoms with van der Waals surface area (Å²) in [5, 5.41) is 12.0. The summed E-state index contributed by atoms with van der Waals surface area (Å²) in [6, 6.07) is 0. The van der Waals surface area contributed by atoms with Gasteiger partial charge in [0.2, 0.25) is 0 Å². The summed E-state index contributed by atoms with van der Waals surface area (Å²) in [5.41, 5.74) is -0.276. The molecule has 0 saturated heterocycles. The van der Waals surface area contributed by atoms with E-state index in [0.29, 0.717) is 24.0 Å². The van der Waals surface area contributed by atoms with Crippen LogP contribution in [0.15, 0.2) is 0 Å². The topological polar surface area (TPSA) is 89.9 Å². The summed E-state index contributed by atoms with van der Waals surface area (Å²) in [4.78, 5) is 37.8. The molecule has 0 aromatic rings. The second-order valence-electron chi connectivity index (χ2n) is 13.1. The van der Waals surface area contributed by atoms with Crippen LogP contribution < -0.4 is 0 Å². The molecule has 4 saturated carbocycles. The van der Waals surface area contributed by atoms with E-state index in [1.807, 2.05) is 0 Å². The average molecular weight is 505 g/mol. The molecule has 4 fully saturated rings. The Balaban J connectivity index is 1.67. The lowest BCUT2D eigenvalue weighted by atomic mass is 9.39. The molecule has 4 aliphatic rings. The van der Waals surface area contributed by atoms with Crippen molar-refractivity contribution in [3.8, 4) is 0 Å². The van der Waals surface area contributed by atoms with Crippen LogP contribution in [-0.4, -0.2) is 42.1 Å². The van der Waals surface area contributed by atoms with Gasteiger partial charge < -0.3 is 14.6 Å². The Morgan fingerprint density at radius 1 is 1.17 bits per heavy atom. The smallest absolute Gasteiger partial charge is 0.305 e. The molecule has 0 aromatic carbocycles. The van der Waals surface area contributed by atoms with Gasteiger partial charge in [0.25, 0.3) is 0 Å². The quantitative estimate of drug-likeness (QED) is 0.500. The fourth-order valence-corrected chi connectivity index (χ4v) is 10.00. The number of methoxy groups -OCH3 is 1. The fraction of sp³-hybridized carbons (Fsp3) is 0.900. The van der Waals surface area contributed by atoms with Crippen LogP contribution in [0.2, 0.25) is 0 Å². The number of esters is 2. The molecule has 12 atom stereocenters. The van der Waals surface area contributed by atoms with Gasteiger partial charge in [0.05, 0.1) is 13.2 Å². The van der Waals surface area contributed by atoms with Crippen molar-refractivity contribution in [2.45, 2.75) is 105 Å². The number of rotatable bonds is 6. The van der Waals surface area contributed by atoms with Crippen LogP contribution in [0.3, 0.4) is 0 Å². The monoisotopic (exact) mass is 504 g/mol. The second-order valence-corrected chi connectivity index (χ2v) is 13.1. The molecule has 0 radical (unpaired) electrons. The summed E-state index contributed by atoms with van der Waals surface area (Å²) in [7, 11) is 1.44. The summed E-state index contributed by atoms with van der Waals surface area (Å²) < 4.78 is 10.5.